The lowest BCUT2D eigenvalue weighted by atomic mass is 9.65. The Balaban J connectivity index is 2.04. The molecule has 2 rings (SSSR count). The standard InChI is InChI=1S/C13H23N3O/c1-4-12(2,3)9-5-7-13(8-6-9)10(14)15-11(17)16-13/h9H,4-8H2,1-3H3,(H3,14,15,16,17). The van der Waals surface area contributed by atoms with E-state index in [1.54, 1.807) is 0 Å². The van der Waals surface area contributed by atoms with Gasteiger partial charge >= 0.3 is 6.03 Å². The van der Waals surface area contributed by atoms with Gasteiger partial charge in [0.2, 0.25) is 0 Å². The molecule has 0 bridgehead atoms. The van der Waals surface area contributed by atoms with E-state index in [2.05, 4.69) is 31.1 Å². The Morgan fingerprint density at radius 3 is 2.47 bits per heavy atom. The molecule has 4 nitrogen and oxygen atoms in total. The Morgan fingerprint density at radius 2 is 2.06 bits per heavy atom. The van der Waals surface area contributed by atoms with Gasteiger partial charge in [-0.2, -0.15) is 4.99 Å². The van der Waals surface area contributed by atoms with Crippen LogP contribution in [0.4, 0.5) is 4.79 Å². The number of aliphatic imine (C=N–C) groups is 1. The molecular weight excluding hydrogens is 214 g/mol. The number of hydrogen-bond donors (Lipinski definition) is 2. The van der Waals surface area contributed by atoms with Crippen LogP contribution in [0.2, 0.25) is 0 Å². The monoisotopic (exact) mass is 237 g/mol. The number of carbonyl (C=O) groups is 1. The zero-order valence-electron chi connectivity index (χ0n) is 11.0. The van der Waals surface area contributed by atoms with Crippen molar-refractivity contribution in [2.45, 2.75) is 58.4 Å². The molecule has 2 amide bonds. The van der Waals surface area contributed by atoms with E-state index in [9.17, 15) is 4.79 Å². The molecule has 1 heterocycles. The summed E-state index contributed by atoms with van der Waals surface area (Å²) in [4.78, 5) is 15.1. The predicted octanol–water partition coefficient (Wildman–Crippen LogP) is 2.43. The highest BCUT2D eigenvalue weighted by atomic mass is 16.2. The van der Waals surface area contributed by atoms with Crippen LogP contribution in [-0.4, -0.2) is 17.4 Å². The number of amidine groups is 1. The zero-order valence-corrected chi connectivity index (χ0v) is 11.0. The Labute approximate surface area is 103 Å². The van der Waals surface area contributed by atoms with E-state index < -0.39 is 0 Å². The molecule has 0 aromatic rings. The Kier molecular flexibility index (Phi) is 2.92. The highest BCUT2D eigenvalue weighted by Crippen LogP contribution is 2.44. The van der Waals surface area contributed by atoms with Gasteiger partial charge in [-0.25, -0.2) is 4.79 Å². The third kappa shape index (κ3) is 2.05. The summed E-state index contributed by atoms with van der Waals surface area (Å²) < 4.78 is 0. The number of nitrogens with zero attached hydrogens (tertiary/aromatic N) is 1. The summed E-state index contributed by atoms with van der Waals surface area (Å²) in [6.07, 6.45) is 5.31. The minimum Gasteiger partial charge on any atom is -0.385 e. The molecule has 1 aliphatic heterocycles. The molecular formula is C13H23N3O. The van der Waals surface area contributed by atoms with Gasteiger partial charge in [-0.15, -0.1) is 0 Å². The molecule has 0 radical (unpaired) electrons. The van der Waals surface area contributed by atoms with Crippen molar-refractivity contribution in [2.24, 2.45) is 22.1 Å². The summed E-state index contributed by atoms with van der Waals surface area (Å²) in [5, 5.41) is 2.94. The van der Waals surface area contributed by atoms with Gasteiger partial charge in [-0.1, -0.05) is 27.2 Å². The molecule has 2 aliphatic rings. The fraction of sp³-hybridized carbons (Fsp3) is 0.846. The zero-order chi connectivity index (χ0) is 12.7. The van der Waals surface area contributed by atoms with Crippen LogP contribution in [0.5, 0.6) is 0 Å². The third-order valence-corrected chi connectivity index (χ3v) is 4.91. The fourth-order valence-corrected chi connectivity index (χ4v) is 3.07. The summed E-state index contributed by atoms with van der Waals surface area (Å²) in [7, 11) is 0. The van der Waals surface area contributed by atoms with Crippen molar-refractivity contribution in [3.05, 3.63) is 0 Å². The summed E-state index contributed by atoms with van der Waals surface area (Å²) in [5.74, 6) is 1.22. The summed E-state index contributed by atoms with van der Waals surface area (Å²) >= 11 is 0. The van der Waals surface area contributed by atoms with Gasteiger partial charge in [0.25, 0.3) is 0 Å². The van der Waals surface area contributed by atoms with E-state index >= 15 is 0 Å². The Morgan fingerprint density at radius 1 is 1.47 bits per heavy atom. The maximum absolute atomic E-state index is 11.3. The summed E-state index contributed by atoms with van der Waals surface area (Å²) in [6, 6.07) is -0.268. The van der Waals surface area contributed by atoms with Crippen molar-refractivity contribution in [2.75, 3.05) is 0 Å². The van der Waals surface area contributed by atoms with Crippen LogP contribution >= 0.6 is 0 Å². The molecule has 96 valence electrons. The largest absolute Gasteiger partial charge is 0.385 e. The number of amides is 2. The highest BCUT2D eigenvalue weighted by Gasteiger charge is 2.45. The fourth-order valence-electron chi connectivity index (χ4n) is 3.07. The molecule has 1 saturated carbocycles. The minimum absolute atomic E-state index is 0.268. The average molecular weight is 237 g/mol. The van der Waals surface area contributed by atoms with Gasteiger partial charge in [0.05, 0.1) is 5.54 Å². The maximum atomic E-state index is 11.3. The first kappa shape index (κ1) is 12.4. The van der Waals surface area contributed by atoms with E-state index in [0.29, 0.717) is 11.3 Å². The number of rotatable bonds is 2. The van der Waals surface area contributed by atoms with Crippen LogP contribution in [0.25, 0.3) is 0 Å². The SMILES string of the molecule is CCC(C)(C)C1CCC2(CC1)NC(=O)N=C2N. The van der Waals surface area contributed by atoms with Crippen LogP contribution in [0.15, 0.2) is 4.99 Å². The number of nitrogens with one attached hydrogen (secondary N) is 1. The lowest BCUT2D eigenvalue weighted by Gasteiger charge is -2.43. The lowest BCUT2D eigenvalue weighted by Crippen LogP contribution is -2.54. The van der Waals surface area contributed by atoms with Crippen molar-refractivity contribution in [1.82, 2.24) is 5.32 Å². The molecule has 1 spiro atoms. The minimum atomic E-state index is -0.322. The van der Waals surface area contributed by atoms with E-state index in [0.717, 1.165) is 31.6 Å². The number of urea groups is 1. The topological polar surface area (TPSA) is 67.5 Å². The Bertz CT molecular complexity index is 352. The van der Waals surface area contributed by atoms with Crippen LogP contribution in [0.1, 0.15) is 52.9 Å². The van der Waals surface area contributed by atoms with Crippen molar-refractivity contribution in [1.29, 1.82) is 0 Å². The number of hydrogen-bond acceptors (Lipinski definition) is 2. The molecule has 1 aliphatic carbocycles. The van der Waals surface area contributed by atoms with E-state index in [1.807, 2.05) is 0 Å². The van der Waals surface area contributed by atoms with E-state index in [-0.39, 0.29) is 11.6 Å². The van der Waals surface area contributed by atoms with Crippen molar-refractivity contribution in [3.63, 3.8) is 0 Å². The first-order valence-electron chi connectivity index (χ1n) is 6.56. The van der Waals surface area contributed by atoms with Crippen molar-refractivity contribution in [3.8, 4) is 0 Å². The van der Waals surface area contributed by atoms with Gasteiger partial charge in [0, 0.05) is 0 Å². The van der Waals surface area contributed by atoms with Crippen LogP contribution in [0.3, 0.4) is 0 Å². The molecule has 1 fully saturated rings. The van der Waals surface area contributed by atoms with Gasteiger partial charge in [-0.3, -0.25) is 0 Å². The van der Waals surface area contributed by atoms with Crippen LogP contribution < -0.4 is 11.1 Å². The summed E-state index contributed by atoms with van der Waals surface area (Å²) in [6.45, 7) is 6.91. The Hall–Kier alpha value is -1.06. The molecule has 0 atom stereocenters. The molecule has 0 aromatic carbocycles. The van der Waals surface area contributed by atoms with Crippen molar-refractivity contribution >= 4 is 11.9 Å². The predicted molar refractivity (Wildman–Crippen MR) is 68.9 cm³/mol. The van der Waals surface area contributed by atoms with E-state index in [1.165, 1.54) is 6.42 Å². The second kappa shape index (κ2) is 4.00. The summed E-state index contributed by atoms with van der Waals surface area (Å²) in [5.41, 5.74) is 5.95. The molecule has 4 heteroatoms. The molecule has 17 heavy (non-hydrogen) atoms. The van der Waals surface area contributed by atoms with Gasteiger partial charge in [0.1, 0.15) is 5.84 Å². The highest BCUT2D eigenvalue weighted by molar-refractivity contribution is 6.05. The van der Waals surface area contributed by atoms with Gasteiger partial charge in [0.15, 0.2) is 0 Å². The molecule has 3 N–H and O–H groups in total. The third-order valence-electron chi connectivity index (χ3n) is 4.91. The van der Waals surface area contributed by atoms with Crippen LogP contribution in [-0.2, 0) is 0 Å². The van der Waals surface area contributed by atoms with Gasteiger partial charge < -0.3 is 11.1 Å². The average Bonchev–Trinajstić information content (AvgIpc) is 2.54. The van der Waals surface area contributed by atoms with Crippen LogP contribution in [0, 0.1) is 11.3 Å². The quantitative estimate of drug-likeness (QED) is 0.774. The van der Waals surface area contributed by atoms with Crippen molar-refractivity contribution < 1.29 is 4.79 Å². The maximum Gasteiger partial charge on any atom is 0.343 e. The number of nitrogens with two attached hydrogens (primary N) is 1. The lowest BCUT2D eigenvalue weighted by molar-refractivity contribution is 0.127. The van der Waals surface area contributed by atoms with Gasteiger partial charge in [-0.05, 0) is 37.0 Å². The molecule has 0 unspecified atom stereocenters. The molecule has 0 aromatic heterocycles. The number of carbonyl (C=O) groups excluding carboxylic acids is 1. The molecule has 0 saturated heterocycles. The first-order chi connectivity index (χ1) is 7.89. The van der Waals surface area contributed by atoms with E-state index in [4.69, 9.17) is 5.73 Å². The second-order valence-electron chi connectivity index (χ2n) is 6.13. The normalized spacial score (nSPS) is 33.7. The first-order valence-corrected chi connectivity index (χ1v) is 6.56. The second-order valence-corrected chi connectivity index (χ2v) is 6.13. The smallest absolute Gasteiger partial charge is 0.343 e.